The molecule has 312 valence electrons. The number of allylic oxidation sites excluding steroid dienone is 11. The fourth-order valence-electron chi connectivity index (χ4n) is 6.69. The van der Waals surface area contributed by atoms with Gasteiger partial charge >= 0.3 is 0 Å². The van der Waals surface area contributed by atoms with Crippen LogP contribution in [0.25, 0.3) is 0 Å². The van der Waals surface area contributed by atoms with E-state index >= 15 is 0 Å². The van der Waals surface area contributed by atoms with E-state index in [0.717, 1.165) is 51.4 Å². The van der Waals surface area contributed by atoms with Gasteiger partial charge in [0.2, 0.25) is 5.91 Å². The first-order valence-corrected chi connectivity index (χ1v) is 23.1. The number of carbonyl (C=O) groups is 1. The minimum absolute atomic E-state index is 0.0822. The second kappa shape index (κ2) is 45.2. The summed E-state index contributed by atoms with van der Waals surface area (Å²) in [4.78, 5) is 12.3. The van der Waals surface area contributed by atoms with Crippen molar-refractivity contribution >= 4 is 5.91 Å². The zero-order valence-electron chi connectivity index (χ0n) is 35.7. The van der Waals surface area contributed by atoms with E-state index in [4.69, 9.17) is 0 Å². The Balaban J connectivity index is 3.45. The SMILES string of the molecule is C/C=C/CC/C=C/CC/C=C/C(O)C(CO)NC(=O)CCCCCCCCCCCCCCCCCCCC/C=C\C/C=C\C/C=C\CCCCCCC. The fourth-order valence-corrected chi connectivity index (χ4v) is 6.69. The quantitative estimate of drug-likeness (QED) is 0.0430. The van der Waals surface area contributed by atoms with E-state index in [9.17, 15) is 15.0 Å². The van der Waals surface area contributed by atoms with Gasteiger partial charge in [-0.1, -0.05) is 208 Å². The number of aliphatic hydroxyl groups is 2. The average molecular weight is 752 g/mol. The standard InChI is InChI=1S/C50H89NO3/c1-3-5-7-9-11-13-14-15-16-17-18-19-20-21-22-23-24-25-26-27-28-29-30-31-32-33-34-35-36-38-40-42-44-46-50(54)51-48(47-52)49(53)45-43-41-39-37-12-10-8-6-4-2/h4,6,12,14-15,17-18,20-21,37,43,45,48-49,52-53H,3,5,7-11,13,16,19,22-36,38-42,44,46-47H2,1-2H3,(H,51,54)/b6-4+,15-14-,18-17-,21-20-,37-12+,45-43+. The molecule has 4 heteroatoms. The Labute approximate surface area is 336 Å². The van der Waals surface area contributed by atoms with Gasteiger partial charge in [0.1, 0.15) is 0 Å². The molecule has 3 N–H and O–H groups in total. The molecule has 0 aliphatic carbocycles. The van der Waals surface area contributed by atoms with Crippen molar-refractivity contribution in [3.8, 4) is 0 Å². The lowest BCUT2D eigenvalue weighted by Gasteiger charge is -2.19. The number of nitrogens with one attached hydrogen (secondary N) is 1. The topological polar surface area (TPSA) is 69.6 Å². The summed E-state index contributed by atoms with van der Waals surface area (Å²) in [5, 5.41) is 22.8. The van der Waals surface area contributed by atoms with Crippen molar-refractivity contribution < 1.29 is 15.0 Å². The second-order valence-electron chi connectivity index (χ2n) is 15.5. The maximum atomic E-state index is 12.3. The molecule has 0 heterocycles. The zero-order chi connectivity index (χ0) is 39.3. The number of hydrogen-bond donors (Lipinski definition) is 3. The summed E-state index contributed by atoms with van der Waals surface area (Å²) in [6, 6.07) is -0.644. The van der Waals surface area contributed by atoms with E-state index in [1.54, 1.807) is 6.08 Å². The molecule has 0 aromatic carbocycles. The molecule has 0 bridgehead atoms. The van der Waals surface area contributed by atoms with Gasteiger partial charge in [0, 0.05) is 6.42 Å². The third kappa shape index (κ3) is 41.0. The largest absolute Gasteiger partial charge is 0.394 e. The fraction of sp³-hybridized carbons (Fsp3) is 0.740. The smallest absolute Gasteiger partial charge is 0.220 e. The molecular formula is C50H89NO3. The van der Waals surface area contributed by atoms with Gasteiger partial charge in [-0.15, -0.1) is 0 Å². The Bertz CT molecular complexity index is 946. The zero-order valence-corrected chi connectivity index (χ0v) is 35.7. The monoisotopic (exact) mass is 752 g/mol. The highest BCUT2D eigenvalue weighted by Gasteiger charge is 2.17. The molecule has 0 aromatic heterocycles. The van der Waals surface area contributed by atoms with Gasteiger partial charge in [-0.25, -0.2) is 0 Å². The Morgan fingerprint density at radius 1 is 0.481 bits per heavy atom. The van der Waals surface area contributed by atoms with Crippen LogP contribution in [0.2, 0.25) is 0 Å². The number of aliphatic hydroxyl groups excluding tert-OH is 2. The summed E-state index contributed by atoms with van der Waals surface area (Å²) in [5.74, 6) is -0.0822. The molecule has 0 rings (SSSR count). The minimum Gasteiger partial charge on any atom is -0.394 e. The summed E-state index contributed by atoms with van der Waals surface area (Å²) in [6.07, 6.45) is 64.9. The van der Waals surface area contributed by atoms with Crippen LogP contribution >= 0.6 is 0 Å². The Morgan fingerprint density at radius 3 is 1.30 bits per heavy atom. The lowest BCUT2D eigenvalue weighted by Crippen LogP contribution is -2.45. The Morgan fingerprint density at radius 2 is 0.852 bits per heavy atom. The first-order chi connectivity index (χ1) is 26.7. The van der Waals surface area contributed by atoms with Gasteiger partial charge < -0.3 is 15.5 Å². The molecule has 0 aromatic rings. The van der Waals surface area contributed by atoms with Crippen LogP contribution in [0.3, 0.4) is 0 Å². The van der Waals surface area contributed by atoms with Gasteiger partial charge in [0.25, 0.3) is 0 Å². The summed E-state index contributed by atoms with van der Waals surface area (Å²) in [7, 11) is 0. The molecule has 0 radical (unpaired) electrons. The first kappa shape index (κ1) is 51.8. The van der Waals surface area contributed by atoms with E-state index in [1.807, 2.05) is 13.0 Å². The third-order valence-corrected chi connectivity index (χ3v) is 10.2. The number of rotatable bonds is 41. The highest BCUT2D eigenvalue weighted by molar-refractivity contribution is 5.76. The van der Waals surface area contributed by atoms with E-state index in [0.29, 0.717) is 6.42 Å². The summed E-state index contributed by atoms with van der Waals surface area (Å²) < 4.78 is 0. The summed E-state index contributed by atoms with van der Waals surface area (Å²) >= 11 is 0. The molecule has 0 saturated carbocycles. The van der Waals surface area contributed by atoms with Gasteiger partial charge in [0.15, 0.2) is 0 Å². The van der Waals surface area contributed by atoms with Gasteiger partial charge in [-0.05, 0) is 77.6 Å². The van der Waals surface area contributed by atoms with Crippen molar-refractivity contribution in [1.29, 1.82) is 0 Å². The van der Waals surface area contributed by atoms with Crippen molar-refractivity contribution in [2.75, 3.05) is 6.61 Å². The van der Waals surface area contributed by atoms with Crippen LogP contribution in [0.5, 0.6) is 0 Å². The van der Waals surface area contributed by atoms with Crippen LogP contribution in [-0.2, 0) is 4.79 Å². The molecule has 2 unspecified atom stereocenters. The van der Waals surface area contributed by atoms with E-state index in [2.05, 4.69) is 73.0 Å². The molecule has 0 aliphatic heterocycles. The minimum atomic E-state index is -0.869. The molecule has 2 atom stereocenters. The lowest BCUT2D eigenvalue weighted by molar-refractivity contribution is -0.123. The summed E-state index contributed by atoms with van der Waals surface area (Å²) in [5.41, 5.74) is 0. The Kier molecular flexibility index (Phi) is 43.4. The van der Waals surface area contributed by atoms with Crippen molar-refractivity contribution in [3.63, 3.8) is 0 Å². The van der Waals surface area contributed by atoms with E-state index < -0.39 is 12.1 Å². The average Bonchev–Trinajstić information content (AvgIpc) is 3.18. The first-order valence-electron chi connectivity index (χ1n) is 23.1. The molecule has 0 aliphatic rings. The molecule has 0 spiro atoms. The molecular weight excluding hydrogens is 663 g/mol. The highest BCUT2D eigenvalue weighted by atomic mass is 16.3. The predicted octanol–water partition coefficient (Wildman–Crippen LogP) is 14.7. The van der Waals surface area contributed by atoms with Crippen LogP contribution in [-0.4, -0.2) is 34.9 Å². The van der Waals surface area contributed by atoms with Crippen LogP contribution in [0.1, 0.15) is 219 Å². The molecule has 54 heavy (non-hydrogen) atoms. The maximum absolute atomic E-state index is 12.3. The Hall–Kier alpha value is -2.17. The van der Waals surface area contributed by atoms with E-state index in [1.165, 1.54) is 148 Å². The molecule has 0 saturated heterocycles. The van der Waals surface area contributed by atoms with Crippen LogP contribution in [0.4, 0.5) is 0 Å². The normalized spacial score (nSPS) is 13.6. The van der Waals surface area contributed by atoms with Crippen molar-refractivity contribution in [2.45, 2.75) is 231 Å². The lowest BCUT2D eigenvalue weighted by atomic mass is 10.0. The molecule has 4 nitrogen and oxygen atoms in total. The maximum Gasteiger partial charge on any atom is 0.220 e. The van der Waals surface area contributed by atoms with Crippen LogP contribution < -0.4 is 5.32 Å². The molecule has 0 fully saturated rings. The number of carbonyl (C=O) groups excluding carboxylic acids is 1. The molecule has 1 amide bonds. The van der Waals surface area contributed by atoms with E-state index in [-0.39, 0.29) is 12.5 Å². The second-order valence-corrected chi connectivity index (χ2v) is 15.5. The van der Waals surface area contributed by atoms with Crippen molar-refractivity contribution in [1.82, 2.24) is 5.32 Å². The van der Waals surface area contributed by atoms with Gasteiger partial charge in [-0.2, -0.15) is 0 Å². The van der Waals surface area contributed by atoms with Crippen molar-refractivity contribution in [3.05, 3.63) is 72.9 Å². The van der Waals surface area contributed by atoms with Crippen molar-refractivity contribution in [2.24, 2.45) is 0 Å². The highest BCUT2D eigenvalue weighted by Crippen LogP contribution is 2.15. The van der Waals surface area contributed by atoms with Gasteiger partial charge in [-0.3, -0.25) is 4.79 Å². The number of amides is 1. The third-order valence-electron chi connectivity index (χ3n) is 10.2. The van der Waals surface area contributed by atoms with Crippen LogP contribution in [0.15, 0.2) is 72.9 Å². The predicted molar refractivity (Wildman–Crippen MR) is 239 cm³/mol. The number of hydrogen-bond acceptors (Lipinski definition) is 3. The van der Waals surface area contributed by atoms with Crippen LogP contribution in [0, 0.1) is 0 Å². The number of unbranched alkanes of at least 4 members (excludes halogenated alkanes) is 25. The summed E-state index contributed by atoms with van der Waals surface area (Å²) in [6.45, 7) is 4.04. The van der Waals surface area contributed by atoms with Gasteiger partial charge in [0.05, 0.1) is 18.8 Å².